The van der Waals surface area contributed by atoms with E-state index in [-0.39, 0.29) is 0 Å². The van der Waals surface area contributed by atoms with Crippen LogP contribution < -0.4 is 0 Å². The molecule has 3 nitrogen and oxygen atoms in total. The molecule has 2 rings (SSSR count). The van der Waals surface area contributed by atoms with Crippen LogP contribution in [0.25, 0.3) is 0 Å². The second kappa shape index (κ2) is 5.60. The second-order valence-electron chi connectivity index (χ2n) is 6.05. The Morgan fingerprint density at radius 2 is 2.11 bits per heavy atom. The maximum atomic E-state index is 11.8. The monoisotopic (exact) mass is 253 g/mol. The molecule has 0 spiro atoms. The number of carboxylic acid groups (broad SMARTS) is 1. The van der Waals surface area contributed by atoms with Gasteiger partial charge in [-0.25, -0.2) is 0 Å². The summed E-state index contributed by atoms with van der Waals surface area (Å²) in [7, 11) is 0. The number of aliphatic carboxylic acids is 1. The van der Waals surface area contributed by atoms with Crippen LogP contribution in [-0.4, -0.2) is 34.1 Å². The predicted molar refractivity (Wildman–Crippen MR) is 72.6 cm³/mol. The van der Waals surface area contributed by atoms with Crippen LogP contribution in [0.15, 0.2) is 0 Å². The third kappa shape index (κ3) is 2.18. The van der Waals surface area contributed by atoms with Crippen molar-refractivity contribution in [3.8, 4) is 0 Å². The van der Waals surface area contributed by atoms with Crippen LogP contribution in [0.5, 0.6) is 0 Å². The van der Waals surface area contributed by atoms with Crippen molar-refractivity contribution in [3.63, 3.8) is 0 Å². The quantitative estimate of drug-likeness (QED) is 0.817. The van der Waals surface area contributed by atoms with Gasteiger partial charge in [0.2, 0.25) is 0 Å². The summed E-state index contributed by atoms with van der Waals surface area (Å²) in [5.41, 5.74) is -0.544. The summed E-state index contributed by atoms with van der Waals surface area (Å²) >= 11 is 0. The Hall–Kier alpha value is -0.570. The molecular weight excluding hydrogens is 226 g/mol. The van der Waals surface area contributed by atoms with Crippen molar-refractivity contribution >= 4 is 5.97 Å². The first-order chi connectivity index (χ1) is 8.65. The molecule has 0 aromatic carbocycles. The Kier molecular flexibility index (Phi) is 4.31. The highest BCUT2D eigenvalue weighted by molar-refractivity contribution is 5.79. The van der Waals surface area contributed by atoms with Gasteiger partial charge in [-0.3, -0.25) is 9.69 Å². The molecule has 2 fully saturated rings. The highest BCUT2D eigenvalue weighted by atomic mass is 16.4. The predicted octanol–water partition coefficient (Wildman–Crippen LogP) is 3.28. The van der Waals surface area contributed by atoms with E-state index in [1.807, 2.05) is 0 Å². The van der Waals surface area contributed by atoms with Crippen molar-refractivity contribution in [2.45, 2.75) is 76.8 Å². The van der Waals surface area contributed by atoms with Gasteiger partial charge in [-0.2, -0.15) is 0 Å². The maximum absolute atomic E-state index is 11.8. The Morgan fingerprint density at radius 3 is 2.72 bits per heavy atom. The summed E-state index contributed by atoms with van der Waals surface area (Å²) in [5, 5.41) is 9.74. The van der Waals surface area contributed by atoms with Gasteiger partial charge < -0.3 is 5.11 Å². The molecule has 3 atom stereocenters. The fourth-order valence-electron chi connectivity index (χ4n) is 4.31. The number of carbonyl (C=O) groups is 1. The van der Waals surface area contributed by atoms with Crippen molar-refractivity contribution in [2.24, 2.45) is 5.92 Å². The number of hydrogen-bond donors (Lipinski definition) is 1. The van der Waals surface area contributed by atoms with Crippen LogP contribution >= 0.6 is 0 Å². The summed E-state index contributed by atoms with van der Waals surface area (Å²) in [4.78, 5) is 14.2. The summed E-state index contributed by atoms with van der Waals surface area (Å²) in [6, 6.07) is 0.528. The summed E-state index contributed by atoms with van der Waals surface area (Å²) < 4.78 is 0. The normalized spacial score (nSPS) is 37.2. The number of hydrogen-bond acceptors (Lipinski definition) is 2. The smallest absolute Gasteiger partial charge is 0.324 e. The van der Waals surface area contributed by atoms with Gasteiger partial charge in [0.25, 0.3) is 0 Å². The van der Waals surface area contributed by atoms with E-state index in [1.54, 1.807) is 0 Å². The standard InChI is InChI=1S/C15H27NO2/c1-3-9-15(14(17)18)10-6-11-16(15)13-8-5-7-12(13)4-2/h12-13H,3-11H2,1-2H3,(H,17,18). The van der Waals surface area contributed by atoms with Gasteiger partial charge in [0, 0.05) is 6.04 Å². The first-order valence-corrected chi connectivity index (χ1v) is 7.66. The zero-order chi connectivity index (χ0) is 13.2. The van der Waals surface area contributed by atoms with Crippen LogP contribution in [0.3, 0.4) is 0 Å². The minimum Gasteiger partial charge on any atom is -0.480 e. The Bertz CT molecular complexity index is 305. The maximum Gasteiger partial charge on any atom is 0.324 e. The van der Waals surface area contributed by atoms with E-state index in [0.717, 1.165) is 38.1 Å². The lowest BCUT2D eigenvalue weighted by Gasteiger charge is -2.41. The lowest BCUT2D eigenvalue weighted by molar-refractivity contribution is -0.152. The van der Waals surface area contributed by atoms with E-state index in [0.29, 0.717) is 6.04 Å². The Morgan fingerprint density at radius 1 is 1.33 bits per heavy atom. The van der Waals surface area contributed by atoms with Gasteiger partial charge in [-0.1, -0.05) is 33.1 Å². The van der Waals surface area contributed by atoms with Gasteiger partial charge in [0.1, 0.15) is 5.54 Å². The molecule has 18 heavy (non-hydrogen) atoms. The van der Waals surface area contributed by atoms with Gasteiger partial charge in [-0.05, 0) is 44.6 Å². The third-order valence-electron chi connectivity index (χ3n) is 5.14. The van der Waals surface area contributed by atoms with Gasteiger partial charge in [-0.15, -0.1) is 0 Å². The van der Waals surface area contributed by atoms with E-state index >= 15 is 0 Å². The molecule has 1 saturated heterocycles. The molecule has 104 valence electrons. The molecule has 0 radical (unpaired) electrons. The largest absolute Gasteiger partial charge is 0.480 e. The highest BCUT2D eigenvalue weighted by Gasteiger charge is 2.51. The summed E-state index contributed by atoms with van der Waals surface area (Å²) in [6.07, 6.45) is 8.66. The average molecular weight is 253 g/mol. The topological polar surface area (TPSA) is 40.5 Å². The van der Waals surface area contributed by atoms with E-state index in [4.69, 9.17) is 0 Å². The van der Waals surface area contributed by atoms with Crippen molar-refractivity contribution in [3.05, 3.63) is 0 Å². The summed E-state index contributed by atoms with van der Waals surface area (Å²) in [6.45, 7) is 5.35. The lowest BCUT2D eigenvalue weighted by atomic mass is 9.87. The molecule has 3 unspecified atom stereocenters. The van der Waals surface area contributed by atoms with Gasteiger partial charge >= 0.3 is 5.97 Å². The zero-order valence-electron chi connectivity index (χ0n) is 11.8. The van der Waals surface area contributed by atoms with Crippen molar-refractivity contribution in [1.29, 1.82) is 0 Å². The fourth-order valence-corrected chi connectivity index (χ4v) is 4.31. The van der Waals surface area contributed by atoms with E-state index in [9.17, 15) is 9.90 Å². The number of rotatable bonds is 5. The molecule has 0 aromatic heterocycles. The van der Waals surface area contributed by atoms with Crippen LogP contribution in [0.4, 0.5) is 0 Å². The molecule has 1 aliphatic heterocycles. The summed E-state index contributed by atoms with van der Waals surface area (Å²) in [5.74, 6) is 0.141. The van der Waals surface area contributed by atoms with E-state index in [1.165, 1.54) is 25.7 Å². The third-order valence-corrected chi connectivity index (χ3v) is 5.14. The molecular formula is C15H27NO2. The Labute approximate surface area is 111 Å². The van der Waals surface area contributed by atoms with E-state index in [2.05, 4.69) is 18.7 Å². The van der Waals surface area contributed by atoms with Crippen molar-refractivity contribution < 1.29 is 9.90 Å². The van der Waals surface area contributed by atoms with Crippen LogP contribution in [0.2, 0.25) is 0 Å². The molecule has 0 bridgehead atoms. The number of carboxylic acids is 1. The van der Waals surface area contributed by atoms with E-state index < -0.39 is 11.5 Å². The minimum atomic E-state index is -0.580. The molecule has 1 heterocycles. The molecule has 3 heteroatoms. The number of likely N-dealkylation sites (tertiary alicyclic amines) is 1. The second-order valence-corrected chi connectivity index (χ2v) is 6.05. The number of nitrogens with zero attached hydrogens (tertiary/aromatic N) is 1. The first kappa shape index (κ1) is 13.9. The van der Waals surface area contributed by atoms with Crippen LogP contribution in [-0.2, 0) is 4.79 Å². The van der Waals surface area contributed by atoms with Crippen molar-refractivity contribution in [2.75, 3.05) is 6.54 Å². The molecule has 1 N–H and O–H groups in total. The lowest BCUT2D eigenvalue weighted by Crippen LogP contribution is -2.55. The zero-order valence-corrected chi connectivity index (χ0v) is 11.8. The van der Waals surface area contributed by atoms with Crippen LogP contribution in [0.1, 0.15) is 65.2 Å². The average Bonchev–Trinajstić information content (AvgIpc) is 2.94. The molecule has 2 aliphatic rings. The van der Waals surface area contributed by atoms with Gasteiger partial charge in [0.15, 0.2) is 0 Å². The SMILES string of the molecule is CCCC1(C(=O)O)CCCN1C1CCCC1CC. The van der Waals surface area contributed by atoms with Gasteiger partial charge in [0.05, 0.1) is 0 Å². The van der Waals surface area contributed by atoms with Crippen LogP contribution in [0, 0.1) is 5.92 Å². The molecule has 0 aromatic rings. The fraction of sp³-hybridized carbons (Fsp3) is 0.933. The minimum absolute atomic E-state index is 0.528. The Balaban J connectivity index is 2.21. The molecule has 1 aliphatic carbocycles. The molecule has 0 amide bonds. The molecule has 1 saturated carbocycles. The highest BCUT2D eigenvalue weighted by Crippen LogP contribution is 2.42. The van der Waals surface area contributed by atoms with Crippen molar-refractivity contribution in [1.82, 2.24) is 4.90 Å². The first-order valence-electron chi connectivity index (χ1n) is 7.66.